The first-order valence-corrected chi connectivity index (χ1v) is 7.35. The number of rotatable bonds is 4. The Labute approximate surface area is 131 Å². The van der Waals surface area contributed by atoms with E-state index >= 15 is 0 Å². The molecule has 1 aromatic rings. The molecule has 22 heavy (non-hydrogen) atoms. The number of benzene rings is 1. The summed E-state index contributed by atoms with van der Waals surface area (Å²) in [6.45, 7) is 11.3. The Bertz CT molecular complexity index is 648. The van der Waals surface area contributed by atoms with Gasteiger partial charge < -0.3 is 14.7 Å². The van der Waals surface area contributed by atoms with Gasteiger partial charge >= 0.3 is 5.97 Å². The van der Waals surface area contributed by atoms with Crippen LogP contribution in [0.5, 0.6) is 0 Å². The standard InChI is InChI=1S/C18H23NO3/c1-6-19(15-9-7-8-12(2)14(15)4)16-13(3)10-18(5,11-20)22-17(16)21/h6-9,20H,1,10-11H2,2-5H3. The fraction of sp³-hybridized carbons (Fsp3) is 0.389. The molecule has 0 amide bonds. The summed E-state index contributed by atoms with van der Waals surface area (Å²) in [5, 5.41) is 9.43. The van der Waals surface area contributed by atoms with Crippen molar-refractivity contribution in [3.05, 3.63) is 53.4 Å². The summed E-state index contributed by atoms with van der Waals surface area (Å²) in [5.41, 5.74) is 3.66. The van der Waals surface area contributed by atoms with Crippen LogP contribution in [0.2, 0.25) is 0 Å². The van der Waals surface area contributed by atoms with Crippen LogP contribution >= 0.6 is 0 Å². The third-order valence-electron chi connectivity index (χ3n) is 4.17. The number of aliphatic hydroxyl groups is 1. The van der Waals surface area contributed by atoms with Crippen molar-refractivity contribution in [2.24, 2.45) is 0 Å². The number of ether oxygens (including phenoxy) is 1. The van der Waals surface area contributed by atoms with Gasteiger partial charge in [-0.2, -0.15) is 0 Å². The highest BCUT2D eigenvalue weighted by molar-refractivity contribution is 5.95. The summed E-state index contributed by atoms with van der Waals surface area (Å²) < 4.78 is 5.44. The van der Waals surface area contributed by atoms with Crippen LogP contribution < -0.4 is 4.90 Å². The molecule has 0 bridgehead atoms. The molecule has 1 unspecified atom stereocenters. The fourth-order valence-electron chi connectivity index (χ4n) is 2.83. The van der Waals surface area contributed by atoms with Crippen LogP contribution in [-0.4, -0.2) is 23.3 Å². The van der Waals surface area contributed by atoms with E-state index in [0.29, 0.717) is 12.1 Å². The van der Waals surface area contributed by atoms with Crippen molar-refractivity contribution < 1.29 is 14.6 Å². The average Bonchev–Trinajstić information content (AvgIpc) is 2.46. The number of hydrogen-bond donors (Lipinski definition) is 1. The molecule has 0 spiro atoms. The third kappa shape index (κ3) is 2.79. The minimum Gasteiger partial charge on any atom is -0.452 e. The molecule has 0 aromatic heterocycles. The van der Waals surface area contributed by atoms with Crippen LogP contribution in [0.25, 0.3) is 0 Å². The number of carbonyl (C=O) groups is 1. The van der Waals surface area contributed by atoms with Crippen LogP contribution in [-0.2, 0) is 9.53 Å². The zero-order valence-electron chi connectivity index (χ0n) is 13.6. The fourth-order valence-corrected chi connectivity index (χ4v) is 2.83. The van der Waals surface area contributed by atoms with Crippen molar-refractivity contribution in [3.63, 3.8) is 0 Å². The molecule has 0 saturated heterocycles. The van der Waals surface area contributed by atoms with E-state index in [2.05, 4.69) is 6.58 Å². The van der Waals surface area contributed by atoms with Gasteiger partial charge in [-0.25, -0.2) is 4.79 Å². The van der Waals surface area contributed by atoms with Gasteiger partial charge in [0.05, 0.1) is 6.61 Å². The summed E-state index contributed by atoms with van der Waals surface area (Å²) in [5.74, 6) is -0.430. The lowest BCUT2D eigenvalue weighted by Crippen LogP contribution is -2.43. The molecule has 1 aliphatic heterocycles. The van der Waals surface area contributed by atoms with E-state index in [4.69, 9.17) is 4.74 Å². The Morgan fingerprint density at radius 1 is 1.41 bits per heavy atom. The molecule has 1 heterocycles. The minimum atomic E-state index is -0.848. The Kier molecular flexibility index (Phi) is 4.42. The van der Waals surface area contributed by atoms with Gasteiger partial charge in [-0.15, -0.1) is 0 Å². The maximum Gasteiger partial charge on any atom is 0.355 e. The highest BCUT2D eigenvalue weighted by atomic mass is 16.6. The molecule has 1 N–H and O–H groups in total. The lowest BCUT2D eigenvalue weighted by molar-refractivity contribution is -0.159. The Morgan fingerprint density at radius 2 is 2.09 bits per heavy atom. The van der Waals surface area contributed by atoms with Crippen LogP contribution in [0.3, 0.4) is 0 Å². The van der Waals surface area contributed by atoms with Gasteiger partial charge in [-0.05, 0) is 50.5 Å². The Hall–Kier alpha value is -2.07. The number of carbonyl (C=O) groups excluding carboxylic acids is 1. The number of cyclic esters (lactones) is 1. The minimum absolute atomic E-state index is 0.194. The molecule has 4 nitrogen and oxygen atoms in total. The summed E-state index contributed by atoms with van der Waals surface area (Å²) in [7, 11) is 0. The predicted molar refractivity (Wildman–Crippen MR) is 87.5 cm³/mol. The summed E-state index contributed by atoms with van der Waals surface area (Å²) >= 11 is 0. The van der Waals surface area contributed by atoms with Crippen molar-refractivity contribution in [1.29, 1.82) is 0 Å². The van der Waals surface area contributed by atoms with Gasteiger partial charge in [0, 0.05) is 18.3 Å². The van der Waals surface area contributed by atoms with Crippen LogP contribution in [0.4, 0.5) is 5.69 Å². The number of hydrogen-bond acceptors (Lipinski definition) is 4. The molecule has 0 aliphatic carbocycles. The molecule has 1 aliphatic rings. The highest BCUT2D eigenvalue weighted by Crippen LogP contribution is 2.35. The monoisotopic (exact) mass is 301 g/mol. The molecule has 0 fully saturated rings. The lowest BCUT2D eigenvalue weighted by Gasteiger charge is -2.36. The molecule has 0 saturated carbocycles. The molecule has 1 atom stereocenters. The quantitative estimate of drug-likeness (QED) is 0.868. The van der Waals surface area contributed by atoms with Gasteiger partial charge in [0.2, 0.25) is 0 Å². The maximum atomic E-state index is 12.5. The Morgan fingerprint density at radius 3 is 2.64 bits per heavy atom. The van der Waals surface area contributed by atoms with Crippen molar-refractivity contribution in [3.8, 4) is 0 Å². The second-order valence-corrected chi connectivity index (χ2v) is 6.07. The zero-order chi connectivity index (χ0) is 16.5. The van der Waals surface area contributed by atoms with Crippen molar-refractivity contribution >= 4 is 11.7 Å². The van der Waals surface area contributed by atoms with Crippen molar-refractivity contribution in [2.75, 3.05) is 11.5 Å². The van der Waals surface area contributed by atoms with E-state index < -0.39 is 11.6 Å². The average molecular weight is 301 g/mol. The van der Waals surface area contributed by atoms with Crippen LogP contribution in [0, 0.1) is 13.8 Å². The van der Waals surface area contributed by atoms with Crippen LogP contribution in [0.1, 0.15) is 31.4 Å². The largest absolute Gasteiger partial charge is 0.452 e. The number of esters is 1. The molecule has 1 aromatic carbocycles. The van der Waals surface area contributed by atoms with E-state index in [1.54, 1.807) is 18.0 Å². The second-order valence-electron chi connectivity index (χ2n) is 6.07. The zero-order valence-corrected chi connectivity index (χ0v) is 13.6. The first-order valence-electron chi connectivity index (χ1n) is 7.35. The van der Waals surface area contributed by atoms with Crippen molar-refractivity contribution in [2.45, 2.75) is 39.7 Å². The van der Waals surface area contributed by atoms with E-state index in [1.807, 2.05) is 39.0 Å². The number of nitrogens with zero attached hydrogens (tertiary/aromatic N) is 1. The Balaban J connectivity index is 2.52. The topological polar surface area (TPSA) is 49.8 Å². The van der Waals surface area contributed by atoms with Gasteiger partial charge in [-0.1, -0.05) is 18.7 Å². The van der Waals surface area contributed by atoms with Crippen LogP contribution in [0.15, 0.2) is 42.2 Å². The maximum absolute atomic E-state index is 12.5. The smallest absolute Gasteiger partial charge is 0.355 e. The SMILES string of the molecule is C=CN(C1=C(C)CC(C)(CO)OC1=O)c1cccc(C)c1C. The molecular weight excluding hydrogens is 278 g/mol. The number of anilines is 1. The molecule has 0 radical (unpaired) electrons. The molecular formula is C18H23NO3. The van der Waals surface area contributed by atoms with Gasteiger partial charge in [0.15, 0.2) is 0 Å². The first-order chi connectivity index (χ1) is 10.3. The van der Waals surface area contributed by atoms with E-state index in [1.165, 1.54) is 0 Å². The lowest BCUT2D eigenvalue weighted by atomic mass is 9.93. The summed E-state index contributed by atoms with van der Waals surface area (Å²) in [4.78, 5) is 14.2. The first kappa shape index (κ1) is 16.3. The molecule has 4 heteroatoms. The van der Waals surface area contributed by atoms with Crippen molar-refractivity contribution in [1.82, 2.24) is 0 Å². The molecule has 2 rings (SSSR count). The normalized spacial score (nSPS) is 21.6. The van der Waals surface area contributed by atoms with Gasteiger partial charge in [-0.3, -0.25) is 0 Å². The molecule has 118 valence electrons. The van der Waals surface area contributed by atoms with E-state index in [9.17, 15) is 9.90 Å². The van der Waals surface area contributed by atoms with E-state index in [-0.39, 0.29) is 6.61 Å². The predicted octanol–water partition coefficient (Wildman–Crippen LogP) is 3.23. The number of aliphatic hydroxyl groups excluding tert-OH is 1. The summed E-state index contributed by atoms with van der Waals surface area (Å²) in [6, 6.07) is 5.94. The summed E-state index contributed by atoms with van der Waals surface area (Å²) in [6.07, 6.45) is 2.13. The number of aryl methyl sites for hydroxylation is 1. The highest BCUT2D eigenvalue weighted by Gasteiger charge is 2.38. The van der Waals surface area contributed by atoms with Gasteiger partial charge in [0.25, 0.3) is 0 Å². The third-order valence-corrected chi connectivity index (χ3v) is 4.17. The van der Waals surface area contributed by atoms with E-state index in [0.717, 1.165) is 22.4 Å². The second kappa shape index (κ2) is 5.97. The van der Waals surface area contributed by atoms with Gasteiger partial charge in [0.1, 0.15) is 11.3 Å².